The van der Waals surface area contributed by atoms with E-state index < -0.39 is 17.7 Å². The zero-order valence-corrected chi connectivity index (χ0v) is 11.9. The molecule has 110 valence electrons. The Balaban J connectivity index is 1.89. The summed E-state index contributed by atoms with van der Waals surface area (Å²) in [5.41, 5.74) is 0.209. The van der Waals surface area contributed by atoms with E-state index in [2.05, 4.69) is 4.98 Å². The van der Waals surface area contributed by atoms with Crippen LogP contribution in [0.1, 0.15) is 29.1 Å². The molecule has 5 heteroatoms. The van der Waals surface area contributed by atoms with E-state index in [-0.39, 0.29) is 5.56 Å². The monoisotopic (exact) mass is 295 g/mol. The van der Waals surface area contributed by atoms with Gasteiger partial charge < -0.3 is 9.15 Å². The molecule has 1 atom stereocenters. The van der Waals surface area contributed by atoms with Gasteiger partial charge in [0.15, 0.2) is 0 Å². The number of ether oxygens (including phenoxy) is 1. The van der Waals surface area contributed by atoms with Crippen LogP contribution in [0.5, 0.6) is 0 Å². The molecule has 2 heterocycles. The number of aromatic nitrogens is 1. The minimum atomic E-state index is -0.724. The van der Waals surface area contributed by atoms with Gasteiger partial charge in [0.1, 0.15) is 17.3 Å². The average Bonchev–Trinajstić information content (AvgIpc) is 2.54. The van der Waals surface area contributed by atoms with E-state index in [9.17, 15) is 9.59 Å². The molecular weight excluding hydrogens is 282 g/mol. The first kappa shape index (κ1) is 14.0. The number of carbonyl (C=O) groups excluding carboxylic acids is 1. The number of pyridine rings is 1. The number of benzene rings is 1. The zero-order chi connectivity index (χ0) is 15.5. The first-order valence-electron chi connectivity index (χ1n) is 6.80. The lowest BCUT2D eigenvalue weighted by atomic mass is 10.2. The van der Waals surface area contributed by atoms with Gasteiger partial charge in [0.2, 0.25) is 0 Å². The Kier molecular flexibility index (Phi) is 3.70. The molecule has 0 N–H and O–H groups in total. The zero-order valence-electron chi connectivity index (χ0n) is 11.9. The topological polar surface area (TPSA) is 69.4 Å². The van der Waals surface area contributed by atoms with E-state index in [0.717, 1.165) is 0 Å². The third-order valence-corrected chi connectivity index (χ3v) is 3.25. The lowest BCUT2D eigenvalue weighted by Crippen LogP contribution is -2.18. The van der Waals surface area contributed by atoms with Crippen molar-refractivity contribution in [2.24, 2.45) is 0 Å². The van der Waals surface area contributed by atoms with Crippen LogP contribution in [0.15, 0.2) is 63.9 Å². The highest BCUT2D eigenvalue weighted by Gasteiger charge is 2.19. The molecule has 2 aromatic heterocycles. The van der Waals surface area contributed by atoms with Crippen molar-refractivity contribution in [2.75, 3.05) is 0 Å². The summed E-state index contributed by atoms with van der Waals surface area (Å²) in [5.74, 6) is -0.724. The highest BCUT2D eigenvalue weighted by Crippen LogP contribution is 2.17. The fraction of sp³-hybridized carbons (Fsp3) is 0.118. The highest BCUT2D eigenvalue weighted by atomic mass is 16.5. The van der Waals surface area contributed by atoms with E-state index >= 15 is 0 Å². The Morgan fingerprint density at radius 1 is 1.18 bits per heavy atom. The highest BCUT2D eigenvalue weighted by molar-refractivity contribution is 5.92. The molecular formula is C17H13NO4. The minimum absolute atomic E-state index is 0.124. The summed E-state index contributed by atoms with van der Waals surface area (Å²) in [4.78, 5) is 28.2. The smallest absolute Gasteiger partial charge is 0.351 e. The van der Waals surface area contributed by atoms with Gasteiger partial charge in [-0.2, -0.15) is 0 Å². The van der Waals surface area contributed by atoms with Crippen LogP contribution in [0.25, 0.3) is 11.0 Å². The van der Waals surface area contributed by atoms with Gasteiger partial charge in [0, 0.05) is 11.6 Å². The summed E-state index contributed by atoms with van der Waals surface area (Å²) in [7, 11) is 0. The molecule has 0 saturated heterocycles. The Morgan fingerprint density at radius 3 is 2.73 bits per heavy atom. The quantitative estimate of drug-likeness (QED) is 0.548. The van der Waals surface area contributed by atoms with Gasteiger partial charge in [0.25, 0.3) is 0 Å². The molecule has 22 heavy (non-hydrogen) atoms. The van der Waals surface area contributed by atoms with Crippen LogP contribution in [0.4, 0.5) is 0 Å². The van der Waals surface area contributed by atoms with E-state index in [4.69, 9.17) is 9.15 Å². The minimum Gasteiger partial charge on any atom is -0.452 e. The molecule has 5 nitrogen and oxygen atoms in total. The first-order chi connectivity index (χ1) is 10.6. The normalized spacial score (nSPS) is 12.0. The number of hydrogen-bond donors (Lipinski definition) is 0. The standard InChI is InChI=1S/C17H13NO4/c1-11(14-7-4-5-9-18-14)21-16(19)13-10-12-6-2-3-8-15(12)22-17(13)20/h2-11H,1H3/t11-/m0/s1. The number of para-hydroxylation sites is 1. The second-order valence-corrected chi connectivity index (χ2v) is 4.79. The molecule has 0 fully saturated rings. The Bertz CT molecular complexity index is 870. The Hall–Kier alpha value is -2.95. The van der Waals surface area contributed by atoms with Crippen LogP contribution in [-0.4, -0.2) is 11.0 Å². The summed E-state index contributed by atoms with van der Waals surface area (Å²) in [5, 5.41) is 0.666. The Morgan fingerprint density at radius 2 is 1.95 bits per heavy atom. The molecule has 0 aliphatic rings. The summed E-state index contributed by atoms with van der Waals surface area (Å²) < 4.78 is 10.4. The second kappa shape index (κ2) is 5.81. The maximum Gasteiger partial charge on any atom is 0.351 e. The van der Waals surface area contributed by atoms with Crippen LogP contribution >= 0.6 is 0 Å². The largest absolute Gasteiger partial charge is 0.452 e. The van der Waals surface area contributed by atoms with Crippen LogP contribution < -0.4 is 5.63 Å². The van der Waals surface area contributed by atoms with Crippen molar-refractivity contribution in [3.05, 3.63) is 76.4 Å². The van der Waals surface area contributed by atoms with Gasteiger partial charge in [-0.05, 0) is 31.2 Å². The number of carbonyl (C=O) groups is 1. The lowest BCUT2D eigenvalue weighted by molar-refractivity contribution is 0.0325. The maximum absolute atomic E-state index is 12.2. The summed E-state index contributed by atoms with van der Waals surface area (Å²) >= 11 is 0. The van der Waals surface area contributed by atoms with Crippen molar-refractivity contribution in [1.29, 1.82) is 0 Å². The van der Waals surface area contributed by atoms with Gasteiger partial charge in [0.05, 0.1) is 5.69 Å². The number of hydrogen-bond acceptors (Lipinski definition) is 5. The fourth-order valence-electron chi connectivity index (χ4n) is 2.11. The van der Waals surface area contributed by atoms with Gasteiger partial charge in [-0.1, -0.05) is 24.3 Å². The van der Waals surface area contributed by atoms with Crippen molar-refractivity contribution in [2.45, 2.75) is 13.0 Å². The molecule has 0 bridgehead atoms. The number of fused-ring (bicyclic) bond motifs is 1. The lowest BCUT2D eigenvalue weighted by Gasteiger charge is -2.12. The van der Waals surface area contributed by atoms with Crippen LogP contribution in [0.3, 0.4) is 0 Å². The van der Waals surface area contributed by atoms with Gasteiger partial charge >= 0.3 is 11.6 Å². The van der Waals surface area contributed by atoms with Gasteiger partial charge in [-0.3, -0.25) is 4.98 Å². The molecule has 0 saturated carbocycles. The van der Waals surface area contributed by atoms with Crippen LogP contribution in [-0.2, 0) is 4.74 Å². The SMILES string of the molecule is C[C@H](OC(=O)c1cc2ccccc2oc1=O)c1ccccn1. The van der Waals surface area contributed by atoms with Crippen molar-refractivity contribution < 1.29 is 13.9 Å². The molecule has 3 rings (SSSR count). The van der Waals surface area contributed by atoms with Crippen molar-refractivity contribution in [3.63, 3.8) is 0 Å². The van der Waals surface area contributed by atoms with E-state index in [1.54, 1.807) is 55.6 Å². The third-order valence-electron chi connectivity index (χ3n) is 3.25. The molecule has 0 aliphatic heterocycles. The molecule has 1 aromatic carbocycles. The molecule has 0 aliphatic carbocycles. The summed E-state index contributed by atoms with van der Waals surface area (Å²) in [6.07, 6.45) is 1.06. The van der Waals surface area contributed by atoms with Gasteiger partial charge in [-0.15, -0.1) is 0 Å². The average molecular weight is 295 g/mol. The third kappa shape index (κ3) is 2.74. The molecule has 0 unspecified atom stereocenters. The Labute approximate surface area is 126 Å². The van der Waals surface area contributed by atoms with E-state index in [0.29, 0.717) is 16.7 Å². The van der Waals surface area contributed by atoms with Gasteiger partial charge in [-0.25, -0.2) is 9.59 Å². The van der Waals surface area contributed by atoms with Crippen molar-refractivity contribution in [3.8, 4) is 0 Å². The first-order valence-corrected chi connectivity index (χ1v) is 6.80. The fourth-order valence-corrected chi connectivity index (χ4v) is 2.11. The second-order valence-electron chi connectivity index (χ2n) is 4.79. The number of nitrogens with zero attached hydrogens (tertiary/aromatic N) is 1. The number of esters is 1. The molecule has 0 spiro atoms. The van der Waals surface area contributed by atoms with Crippen LogP contribution in [0.2, 0.25) is 0 Å². The molecule has 0 radical (unpaired) electrons. The summed E-state index contributed by atoms with van der Waals surface area (Å²) in [6, 6.07) is 13.8. The predicted octanol–water partition coefficient (Wildman–Crippen LogP) is 3.11. The van der Waals surface area contributed by atoms with Crippen molar-refractivity contribution >= 4 is 16.9 Å². The van der Waals surface area contributed by atoms with E-state index in [1.165, 1.54) is 6.07 Å². The summed E-state index contributed by atoms with van der Waals surface area (Å²) in [6.45, 7) is 1.70. The maximum atomic E-state index is 12.2. The van der Waals surface area contributed by atoms with Crippen molar-refractivity contribution in [1.82, 2.24) is 4.98 Å². The number of rotatable bonds is 3. The van der Waals surface area contributed by atoms with E-state index in [1.807, 2.05) is 0 Å². The van der Waals surface area contributed by atoms with Crippen LogP contribution in [0, 0.1) is 0 Å². The molecule has 0 amide bonds. The predicted molar refractivity (Wildman–Crippen MR) is 80.6 cm³/mol. The molecule has 3 aromatic rings.